The van der Waals surface area contributed by atoms with Crippen LogP contribution in [0.2, 0.25) is 0 Å². The summed E-state index contributed by atoms with van der Waals surface area (Å²) in [5.74, 6) is -2.14. The standard InChI is InChI=1S/C11H16N4O4S/c1-3-6-5(2)20-11(14-6)15-10(19)13-7(9(17)18)4-8(12)16/h7H,3-4H2,1-2H3,(H2,12,16)(H,17,18)(H2,13,14,15,19). The summed E-state index contributed by atoms with van der Waals surface area (Å²) >= 11 is 1.29. The van der Waals surface area contributed by atoms with Gasteiger partial charge in [0.25, 0.3) is 0 Å². The topological polar surface area (TPSA) is 134 Å². The van der Waals surface area contributed by atoms with Gasteiger partial charge in [-0.1, -0.05) is 6.92 Å². The molecule has 0 saturated heterocycles. The molecule has 1 rings (SSSR count). The molecule has 0 aliphatic carbocycles. The van der Waals surface area contributed by atoms with Gasteiger partial charge in [0.15, 0.2) is 5.13 Å². The number of carbonyl (C=O) groups is 3. The number of aromatic nitrogens is 1. The van der Waals surface area contributed by atoms with Crippen LogP contribution in [0.5, 0.6) is 0 Å². The van der Waals surface area contributed by atoms with Gasteiger partial charge in [0, 0.05) is 4.88 Å². The Bertz CT molecular complexity index is 528. The zero-order chi connectivity index (χ0) is 15.3. The zero-order valence-corrected chi connectivity index (χ0v) is 11.9. The number of nitrogens with two attached hydrogens (primary N) is 1. The predicted molar refractivity (Wildman–Crippen MR) is 73.6 cm³/mol. The van der Waals surface area contributed by atoms with Crippen molar-refractivity contribution in [3.8, 4) is 0 Å². The lowest BCUT2D eigenvalue weighted by molar-refractivity contribution is -0.140. The monoisotopic (exact) mass is 300 g/mol. The second-order valence-electron chi connectivity index (χ2n) is 4.04. The summed E-state index contributed by atoms with van der Waals surface area (Å²) in [6.45, 7) is 3.83. The molecule has 0 aromatic carbocycles. The van der Waals surface area contributed by atoms with Crippen LogP contribution in [0, 0.1) is 6.92 Å². The molecular formula is C11H16N4O4S. The van der Waals surface area contributed by atoms with E-state index in [-0.39, 0.29) is 0 Å². The Morgan fingerprint density at radius 3 is 2.55 bits per heavy atom. The molecule has 1 atom stereocenters. The molecule has 0 bridgehead atoms. The molecule has 0 aliphatic rings. The van der Waals surface area contributed by atoms with Gasteiger partial charge in [-0.15, -0.1) is 11.3 Å². The predicted octanol–water partition coefficient (Wildman–Crippen LogP) is 0.464. The summed E-state index contributed by atoms with van der Waals surface area (Å²) < 4.78 is 0. The number of carbonyl (C=O) groups excluding carboxylic acids is 2. The summed E-state index contributed by atoms with van der Waals surface area (Å²) in [4.78, 5) is 38.4. The zero-order valence-electron chi connectivity index (χ0n) is 11.1. The number of urea groups is 1. The van der Waals surface area contributed by atoms with Crippen LogP contribution >= 0.6 is 11.3 Å². The SMILES string of the molecule is CCc1nc(NC(=O)NC(CC(N)=O)C(=O)O)sc1C. The summed E-state index contributed by atoms with van der Waals surface area (Å²) in [5, 5.41) is 13.8. The number of nitrogens with zero attached hydrogens (tertiary/aromatic N) is 1. The third-order valence-corrected chi connectivity index (χ3v) is 3.39. The number of amides is 3. The van der Waals surface area contributed by atoms with Gasteiger partial charge < -0.3 is 16.2 Å². The van der Waals surface area contributed by atoms with Gasteiger partial charge in [-0.3, -0.25) is 10.1 Å². The number of hydrogen-bond acceptors (Lipinski definition) is 5. The van der Waals surface area contributed by atoms with Crippen molar-refractivity contribution < 1.29 is 19.5 Å². The summed E-state index contributed by atoms with van der Waals surface area (Å²) in [6, 6.07) is -2.10. The molecule has 0 radical (unpaired) electrons. The molecule has 0 spiro atoms. The first-order chi connectivity index (χ1) is 9.33. The number of nitrogens with one attached hydrogen (secondary N) is 2. The molecule has 1 aromatic rings. The summed E-state index contributed by atoms with van der Waals surface area (Å²) in [7, 11) is 0. The Morgan fingerprint density at radius 2 is 2.10 bits per heavy atom. The highest BCUT2D eigenvalue weighted by Crippen LogP contribution is 2.22. The van der Waals surface area contributed by atoms with Crippen molar-refractivity contribution in [3.05, 3.63) is 10.6 Å². The number of anilines is 1. The van der Waals surface area contributed by atoms with Crippen LogP contribution in [0.1, 0.15) is 23.9 Å². The van der Waals surface area contributed by atoms with Gasteiger partial charge in [-0.05, 0) is 13.3 Å². The van der Waals surface area contributed by atoms with Crippen molar-refractivity contribution in [2.45, 2.75) is 32.7 Å². The third-order valence-electron chi connectivity index (χ3n) is 2.46. The molecule has 0 saturated carbocycles. The fraction of sp³-hybridized carbons (Fsp3) is 0.455. The van der Waals surface area contributed by atoms with Crippen LogP contribution in [0.15, 0.2) is 0 Å². The number of hydrogen-bond donors (Lipinski definition) is 4. The Morgan fingerprint density at radius 1 is 1.45 bits per heavy atom. The molecule has 0 fully saturated rings. The minimum Gasteiger partial charge on any atom is -0.480 e. The first kappa shape index (κ1) is 15.9. The summed E-state index contributed by atoms with van der Waals surface area (Å²) in [6.07, 6.45) is 0.269. The van der Waals surface area contributed by atoms with Crippen molar-refractivity contribution in [1.82, 2.24) is 10.3 Å². The third kappa shape index (κ3) is 4.50. The molecule has 20 heavy (non-hydrogen) atoms. The van der Waals surface area contributed by atoms with E-state index in [0.29, 0.717) is 5.13 Å². The molecule has 5 N–H and O–H groups in total. The van der Waals surface area contributed by atoms with Crippen LogP contribution in [-0.2, 0) is 16.0 Å². The first-order valence-corrected chi connectivity index (χ1v) is 6.70. The van der Waals surface area contributed by atoms with Gasteiger partial charge in [-0.2, -0.15) is 0 Å². The van der Waals surface area contributed by atoms with Gasteiger partial charge in [-0.25, -0.2) is 14.6 Å². The number of primary amides is 1. The molecule has 3 amide bonds. The Hall–Kier alpha value is -2.16. The fourth-order valence-corrected chi connectivity index (χ4v) is 2.40. The smallest absolute Gasteiger partial charge is 0.326 e. The van der Waals surface area contributed by atoms with E-state index in [1.165, 1.54) is 11.3 Å². The van der Waals surface area contributed by atoms with E-state index >= 15 is 0 Å². The number of thiazole rings is 1. The average molecular weight is 300 g/mol. The Balaban J connectivity index is 2.65. The van der Waals surface area contributed by atoms with Crippen molar-refractivity contribution >= 4 is 34.4 Å². The maximum atomic E-state index is 11.6. The fourth-order valence-electron chi connectivity index (χ4n) is 1.50. The van der Waals surface area contributed by atoms with Crippen molar-refractivity contribution in [2.24, 2.45) is 5.73 Å². The normalized spacial score (nSPS) is 11.7. The lowest BCUT2D eigenvalue weighted by atomic mass is 10.2. The van der Waals surface area contributed by atoms with Crippen LogP contribution in [0.3, 0.4) is 0 Å². The second kappa shape index (κ2) is 6.85. The molecular weight excluding hydrogens is 284 g/mol. The number of carboxylic acid groups (broad SMARTS) is 1. The lowest BCUT2D eigenvalue weighted by Crippen LogP contribution is -2.45. The van der Waals surface area contributed by atoms with E-state index in [1.54, 1.807) is 0 Å². The molecule has 110 valence electrons. The van der Waals surface area contributed by atoms with Crippen LogP contribution in [-0.4, -0.2) is 34.0 Å². The van der Waals surface area contributed by atoms with Crippen molar-refractivity contribution in [3.63, 3.8) is 0 Å². The van der Waals surface area contributed by atoms with E-state index in [1.807, 2.05) is 13.8 Å². The molecule has 8 nitrogen and oxygen atoms in total. The lowest BCUT2D eigenvalue weighted by Gasteiger charge is -2.12. The van der Waals surface area contributed by atoms with E-state index in [2.05, 4.69) is 15.6 Å². The molecule has 0 aliphatic heterocycles. The molecule has 1 aromatic heterocycles. The van der Waals surface area contributed by atoms with Crippen LogP contribution < -0.4 is 16.4 Å². The Labute approximate surface area is 119 Å². The maximum absolute atomic E-state index is 11.6. The largest absolute Gasteiger partial charge is 0.480 e. The average Bonchev–Trinajstić information content (AvgIpc) is 2.67. The van der Waals surface area contributed by atoms with Gasteiger partial charge in [0.1, 0.15) is 6.04 Å². The molecule has 9 heteroatoms. The van der Waals surface area contributed by atoms with Gasteiger partial charge in [0.05, 0.1) is 12.1 Å². The summed E-state index contributed by atoms with van der Waals surface area (Å²) in [5.41, 5.74) is 5.79. The number of rotatable bonds is 6. The Kier molecular flexibility index (Phi) is 5.44. The second-order valence-corrected chi connectivity index (χ2v) is 5.24. The maximum Gasteiger partial charge on any atom is 0.326 e. The quantitative estimate of drug-likeness (QED) is 0.605. The highest BCUT2D eigenvalue weighted by atomic mass is 32.1. The van der Waals surface area contributed by atoms with Crippen LogP contribution in [0.25, 0.3) is 0 Å². The minimum absolute atomic E-state index is 0.375. The number of carboxylic acids is 1. The van der Waals surface area contributed by atoms with E-state index < -0.39 is 30.4 Å². The van der Waals surface area contributed by atoms with E-state index in [4.69, 9.17) is 10.8 Å². The minimum atomic E-state index is -1.36. The van der Waals surface area contributed by atoms with Crippen molar-refractivity contribution in [2.75, 3.05) is 5.32 Å². The molecule has 1 unspecified atom stereocenters. The van der Waals surface area contributed by atoms with E-state index in [9.17, 15) is 14.4 Å². The highest BCUT2D eigenvalue weighted by molar-refractivity contribution is 7.15. The van der Waals surface area contributed by atoms with E-state index in [0.717, 1.165) is 17.0 Å². The van der Waals surface area contributed by atoms with Gasteiger partial charge in [0.2, 0.25) is 5.91 Å². The van der Waals surface area contributed by atoms with Crippen LogP contribution in [0.4, 0.5) is 9.93 Å². The highest BCUT2D eigenvalue weighted by Gasteiger charge is 2.22. The van der Waals surface area contributed by atoms with Gasteiger partial charge >= 0.3 is 12.0 Å². The number of aliphatic carboxylic acids is 1. The van der Waals surface area contributed by atoms with Crippen molar-refractivity contribution in [1.29, 1.82) is 0 Å². The molecule has 1 heterocycles. The first-order valence-electron chi connectivity index (χ1n) is 5.88. The number of aryl methyl sites for hydroxylation is 2.